The molecule has 1 rings (SSSR count). The third-order valence-corrected chi connectivity index (χ3v) is 3.27. The van der Waals surface area contributed by atoms with Gasteiger partial charge < -0.3 is 15.5 Å². The van der Waals surface area contributed by atoms with Crippen LogP contribution in [0.2, 0.25) is 0 Å². The van der Waals surface area contributed by atoms with Gasteiger partial charge in [0.1, 0.15) is 0 Å². The smallest absolute Gasteiger partial charge is 0.320 e. The van der Waals surface area contributed by atoms with Gasteiger partial charge in [-0.15, -0.1) is 0 Å². The van der Waals surface area contributed by atoms with E-state index < -0.39 is 0 Å². The van der Waals surface area contributed by atoms with Crippen LogP contribution < -0.4 is 5.73 Å². The van der Waals surface area contributed by atoms with Crippen molar-refractivity contribution in [2.45, 2.75) is 33.2 Å². The van der Waals surface area contributed by atoms with Gasteiger partial charge in [-0.2, -0.15) is 0 Å². The van der Waals surface area contributed by atoms with Crippen LogP contribution in [0.1, 0.15) is 27.2 Å². The normalized spacial score (nSPS) is 25.7. The summed E-state index contributed by atoms with van der Waals surface area (Å²) in [5.74, 6) is 0.486. The van der Waals surface area contributed by atoms with Crippen LogP contribution in [0.3, 0.4) is 0 Å². The number of carbonyl (C=O) groups is 1. The molecule has 15 heavy (non-hydrogen) atoms. The maximum atomic E-state index is 12.1. The van der Waals surface area contributed by atoms with E-state index in [1.807, 2.05) is 23.6 Å². The predicted molar refractivity (Wildman–Crippen MR) is 61.6 cm³/mol. The SMILES string of the molecule is CCN(CC)C(=O)N1CC(CN)CC1C. The Labute approximate surface area is 92.4 Å². The Hall–Kier alpha value is -0.770. The summed E-state index contributed by atoms with van der Waals surface area (Å²) in [7, 11) is 0. The minimum Gasteiger partial charge on any atom is -0.330 e. The van der Waals surface area contributed by atoms with Crippen LogP contribution in [0.15, 0.2) is 0 Å². The second kappa shape index (κ2) is 5.35. The largest absolute Gasteiger partial charge is 0.330 e. The average molecular weight is 213 g/mol. The molecule has 0 saturated carbocycles. The summed E-state index contributed by atoms with van der Waals surface area (Å²) in [6.45, 7) is 9.22. The molecule has 1 aliphatic heterocycles. The number of hydrogen-bond donors (Lipinski definition) is 1. The number of likely N-dealkylation sites (tertiary alicyclic amines) is 1. The summed E-state index contributed by atoms with van der Waals surface area (Å²) in [4.78, 5) is 15.9. The van der Waals surface area contributed by atoms with E-state index in [1.165, 1.54) is 0 Å². The third kappa shape index (κ3) is 2.62. The molecule has 4 heteroatoms. The molecule has 2 unspecified atom stereocenters. The van der Waals surface area contributed by atoms with E-state index in [0.717, 1.165) is 26.1 Å². The summed E-state index contributed by atoms with van der Waals surface area (Å²) < 4.78 is 0. The maximum absolute atomic E-state index is 12.1. The van der Waals surface area contributed by atoms with Gasteiger partial charge in [0.15, 0.2) is 0 Å². The first-order chi connectivity index (χ1) is 7.13. The Bertz CT molecular complexity index is 216. The quantitative estimate of drug-likeness (QED) is 0.763. The molecule has 0 aromatic heterocycles. The van der Waals surface area contributed by atoms with Crippen LogP contribution in [0, 0.1) is 5.92 Å². The van der Waals surface area contributed by atoms with Gasteiger partial charge in [0.2, 0.25) is 0 Å². The lowest BCUT2D eigenvalue weighted by Gasteiger charge is -2.29. The van der Waals surface area contributed by atoms with E-state index in [0.29, 0.717) is 18.5 Å². The number of rotatable bonds is 3. The van der Waals surface area contributed by atoms with Gasteiger partial charge in [0.05, 0.1) is 0 Å². The molecule has 0 radical (unpaired) electrons. The summed E-state index contributed by atoms with van der Waals surface area (Å²) >= 11 is 0. The van der Waals surface area contributed by atoms with Crippen molar-refractivity contribution >= 4 is 6.03 Å². The van der Waals surface area contributed by atoms with Gasteiger partial charge in [-0.3, -0.25) is 0 Å². The molecule has 4 nitrogen and oxygen atoms in total. The standard InChI is InChI=1S/C11H23N3O/c1-4-13(5-2)11(15)14-8-10(7-12)6-9(14)3/h9-10H,4-8,12H2,1-3H3. The Balaban J connectivity index is 2.60. The highest BCUT2D eigenvalue weighted by Crippen LogP contribution is 2.23. The fourth-order valence-corrected chi connectivity index (χ4v) is 2.26. The van der Waals surface area contributed by atoms with Gasteiger partial charge in [0, 0.05) is 25.7 Å². The molecule has 0 aliphatic carbocycles. The third-order valence-electron chi connectivity index (χ3n) is 3.27. The van der Waals surface area contributed by atoms with Gasteiger partial charge in [0.25, 0.3) is 0 Å². The van der Waals surface area contributed by atoms with Crippen LogP contribution in [-0.2, 0) is 0 Å². The Morgan fingerprint density at radius 2 is 2.07 bits per heavy atom. The highest BCUT2D eigenvalue weighted by molar-refractivity contribution is 5.75. The predicted octanol–water partition coefficient (Wildman–Crippen LogP) is 1.12. The van der Waals surface area contributed by atoms with Gasteiger partial charge in [-0.1, -0.05) is 0 Å². The fraction of sp³-hybridized carbons (Fsp3) is 0.909. The van der Waals surface area contributed by atoms with E-state index in [1.54, 1.807) is 0 Å². The molecule has 88 valence electrons. The number of nitrogens with zero attached hydrogens (tertiary/aromatic N) is 2. The number of urea groups is 1. The van der Waals surface area contributed by atoms with Crippen molar-refractivity contribution in [3.63, 3.8) is 0 Å². The molecule has 0 spiro atoms. The van der Waals surface area contributed by atoms with Crippen molar-refractivity contribution in [3.05, 3.63) is 0 Å². The highest BCUT2D eigenvalue weighted by atomic mass is 16.2. The summed E-state index contributed by atoms with van der Waals surface area (Å²) in [5.41, 5.74) is 5.65. The molecule has 0 aromatic rings. The van der Waals surface area contributed by atoms with Crippen LogP contribution in [0.5, 0.6) is 0 Å². The van der Waals surface area contributed by atoms with E-state index in [-0.39, 0.29) is 6.03 Å². The summed E-state index contributed by atoms with van der Waals surface area (Å²) in [5, 5.41) is 0. The number of hydrogen-bond acceptors (Lipinski definition) is 2. The van der Waals surface area contributed by atoms with Crippen molar-refractivity contribution in [3.8, 4) is 0 Å². The zero-order chi connectivity index (χ0) is 11.4. The molecule has 1 saturated heterocycles. The molecule has 0 aromatic carbocycles. The van der Waals surface area contributed by atoms with Crippen LogP contribution in [-0.4, -0.2) is 48.1 Å². The number of carbonyl (C=O) groups excluding carboxylic acids is 1. The van der Waals surface area contributed by atoms with E-state index in [9.17, 15) is 4.79 Å². The first-order valence-electron chi connectivity index (χ1n) is 5.89. The molecule has 1 heterocycles. The topological polar surface area (TPSA) is 49.6 Å². The lowest BCUT2D eigenvalue weighted by atomic mass is 10.1. The zero-order valence-corrected chi connectivity index (χ0v) is 10.1. The number of amides is 2. The minimum atomic E-state index is 0.170. The van der Waals surface area contributed by atoms with Crippen molar-refractivity contribution in [1.82, 2.24) is 9.80 Å². The molecule has 2 N–H and O–H groups in total. The van der Waals surface area contributed by atoms with Crippen LogP contribution in [0.25, 0.3) is 0 Å². The molecule has 2 amide bonds. The van der Waals surface area contributed by atoms with Crippen LogP contribution >= 0.6 is 0 Å². The second-order valence-corrected chi connectivity index (χ2v) is 4.29. The second-order valence-electron chi connectivity index (χ2n) is 4.29. The maximum Gasteiger partial charge on any atom is 0.320 e. The summed E-state index contributed by atoms with van der Waals surface area (Å²) in [6, 6.07) is 0.509. The molecule has 0 bridgehead atoms. The van der Waals surface area contributed by atoms with Crippen molar-refractivity contribution in [2.75, 3.05) is 26.2 Å². The Morgan fingerprint density at radius 1 is 1.47 bits per heavy atom. The monoisotopic (exact) mass is 213 g/mol. The van der Waals surface area contributed by atoms with Crippen molar-refractivity contribution in [1.29, 1.82) is 0 Å². The minimum absolute atomic E-state index is 0.170. The highest BCUT2D eigenvalue weighted by Gasteiger charge is 2.33. The molecular weight excluding hydrogens is 190 g/mol. The zero-order valence-electron chi connectivity index (χ0n) is 10.1. The van der Waals surface area contributed by atoms with Gasteiger partial charge in [-0.05, 0) is 39.7 Å². The van der Waals surface area contributed by atoms with Gasteiger partial charge >= 0.3 is 6.03 Å². The fourth-order valence-electron chi connectivity index (χ4n) is 2.26. The molecule has 1 aliphatic rings. The van der Waals surface area contributed by atoms with Gasteiger partial charge in [-0.25, -0.2) is 4.79 Å². The first-order valence-corrected chi connectivity index (χ1v) is 5.89. The van der Waals surface area contributed by atoms with E-state index >= 15 is 0 Å². The average Bonchev–Trinajstić information content (AvgIpc) is 2.61. The molecular formula is C11H23N3O. The lowest BCUT2D eigenvalue weighted by molar-refractivity contribution is 0.154. The van der Waals surface area contributed by atoms with Crippen molar-refractivity contribution < 1.29 is 4.79 Å². The Morgan fingerprint density at radius 3 is 2.47 bits per heavy atom. The molecule has 2 atom stereocenters. The lowest BCUT2D eigenvalue weighted by Crippen LogP contribution is -2.44. The number of nitrogens with two attached hydrogens (primary N) is 1. The first kappa shape index (κ1) is 12.3. The van der Waals surface area contributed by atoms with E-state index in [2.05, 4.69) is 6.92 Å². The summed E-state index contributed by atoms with van der Waals surface area (Å²) in [6.07, 6.45) is 1.05. The van der Waals surface area contributed by atoms with E-state index in [4.69, 9.17) is 5.73 Å². The van der Waals surface area contributed by atoms with Crippen LogP contribution in [0.4, 0.5) is 4.79 Å². The van der Waals surface area contributed by atoms with Crippen molar-refractivity contribution in [2.24, 2.45) is 11.7 Å². The molecule has 1 fully saturated rings. The Kier molecular flexibility index (Phi) is 4.39.